The van der Waals surface area contributed by atoms with Crippen LogP contribution in [0.3, 0.4) is 0 Å². The number of halogens is 1. The molecule has 3 aromatic rings. The van der Waals surface area contributed by atoms with Crippen LogP contribution in [0.5, 0.6) is 5.75 Å². The van der Waals surface area contributed by atoms with Crippen molar-refractivity contribution in [3.8, 4) is 5.75 Å². The fraction of sp³-hybridized carbons (Fsp3) is 0.385. The third kappa shape index (κ3) is 4.69. The molecule has 0 spiro atoms. The summed E-state index contributed by atoms with van der Waals surface area (Å²) in [6, 6.07) is 15.1. The van der Waals surface area contributed by atoms with E-state index >= 15 is 0 Å². The van der Waals surface area contributed by atoms with Gasteiger partial charge in [0.05, 0.1) is 16.1 Å². The second-order valence-corrected chi connectivity index (χ2v) is 9.56. The number of benzene rings is 2. The summed E-state index contributed by atoms with van der Waals surface area (Å²) in [5.41, 5.74) is 3.75. The van der Waals surface area contributed by atoms with E-state index in [2.05, 4.69) is 20.8 Å². The normalized spacial score (nSPS) is 16.1. The van der Waals surface area contributed by atoms with Crippen molar-refractivity contribution in [1.82, 2.24) is 4.98 Å². The maximum absolute atomic E-state index is 13.2. The fourth-order valence-electron chi connectivity index (χ4n) is 4.28. The Morgan fingerprint density at radius 3 is 2.61 bits per heavy atom. The Kier molecular flexibility index (Phi) is 6.19. The molecule has 1 aromatic heterocycles. The monoisotopic (exact) mass is 437 g/mol. The Morgan fingerprint density at radius 2 is 1.84 bits per heavy atom. The summed E-state index contributed by atoms with van der Waals surface area (Å²) in [6.07, 6.45) is 2.82. The molecule has 0 fully saturated rings. The Balaban J connectivity index is 1.57. The van der Waals surface area contributed by atoms with Crippen LogP contribution in [0.25, 0.3) is 10.9 Å². The zero-order chi connectivity index (χ0) is 22.0. The van der Waals surface area contributed by atoms with Crippen molar-refractivity contribution < 1.29 is 14.3 Å². The first kappa shape index (κ1) is 21.6. The van der Waals surface area contributed by atoms with E-state index in [1.54, 1.807) is 12.1 Å². The van der Waals surface area contributed by atoms with Gasteiger partial charge in [0.1, 0.15) is 19.0 Å². The first-order valence-corrected chi connectivity index (χ1v) is 11.2. The maximum Gasteiger partial charge on any atom is 0.339 e. The number of carbonyl (C=O) groups is 1. The van der Waals surface area contributed by atoms with Gasteiger partial charge in [0.25, 0.3) is 0 Å². The lowest BCUT2D eigenvalue weighted by atomic mass is 9.70. The first-order valence-electron chi connectivity index (χ1n) is 10.8. The van der Waals surface area contributed by atoms with Crippen LogP contribution in [0, 0.1) is 11.3 Å². The lowest BCUT2D eigenvalue weighted by Crippen LogP contribution is -2.29. The number of para-hydroxylation sites is 2. The molecular weight excluding hydrogens is 410 g/mol. The molecule has 1 heterocycles. The molecule has 0 N–H and O–H groups in total. The number of esters is 1. The standard InChI is InChI=1S/C26H28ClNO3/c1-26(2,3)17-12-13-22-19(16-17)24(18-8-4-6-10-21(18)28-22)25(29)31-15-14-30-23-11-7-5-9-20(23)27/h4-11,17H,12-16H2,1-3H3. The minimum Gasteiger partial charge on any atom is -0.488 e. The minimum absolute atomic E-state index is 0.151. The number of hydrogen-bond acceptors (Lipinski definition) is 4. The van der Waals surface area contributed by atoms with Gasteiger partial charge in [0.2, 0.25) is 0 Å². The van der Waals surface area contributed by atoms with Gasteiger partial charge in [-0.25, -0.2) is 4.79 Å². The second-order valence-electron chi connectivity index (χ2n) is 9.15. The van der Waals surface area contributed by atoms with Crippen LogP contribution >= 0.6 is 11.6 Å². The van der Waals surface area contributed by atoms with Crippen LogP contribution in [0.4, 0.5) is 0 Å². The second kappa shape index (κ2) is 8.88. The van der Waals surface area contributed by atoms with Gasteiger partial charge in [-0.1, -0.05) is 62.7 Å². The Hall–Kier alpha value is -2.59. The number of aryl methyl sites for hydroxylation is 1. The first-order chi connectivity index (χ1) is 14.8. The average Bonchev–Trinajstić information content (AvgIpc) is 2.75. The molecule has 0 saturated heterocycles. The molecule has 0 bridgehead atoms. The molecule has 31 heavy (non-hydrogen) atoms. The Labute approximate surface area is 188 Å². The van der Waals surface area contributed by atoms with Gasteiger partial charge in [-0.05, 0) is 54.4 Å². The number of aromatic nitrogens is 1. The molecule has 1 unspecified atom stereocenters. The van der Waals surface area contributed by atoms with Gasteiger partial charge in [0.15, 0.2) is 0 Å². The van der Waals surface area contributed by atoms with Crippen LogP contribution in [0.1, 0.15) is 48.8 Å². The van der Waals surface area contributed by atoms with Crippen LogP contribution in [-0.2, 0) is 17.6 Å². The lowest BCUT2D eigenvalue weighted by molar-refractivity contribution is 0.0450. The van der Waals surface area contributed by atoms with Gasteiger partial charge in [-0.3, -0.25) is 4.98 Å². The topological polar surface area (TPSA) is 48.4 Å². The highest BCUT2D eigenvalue weighted by atomic mass is 35.5. The number of pyridine rings is 1. The smallest absolute Gasteiger partial charge is 0.339 e. The third-order valence-corrected chi connectivity index (χ3v) is 6.41. The van der Waals surface area contributed by atoms with Crippen LogP contribution in [0.2, 0.25) is 5.02 Å². The molecule has 162 valence electrons. The third-order valence-electron chi connectivity index (χ3n) is 6.10. The van der Waals surface area contributed by atoms with Gasteiger partial charge in [-0.2, -0.15) is 0 Å². The van der Waals surface area contributed by atoms with E-state index in [1.165, 1.54) is 0 Å². The average molecular weight is 438 g/mol. The molecule has 1 atom stereocenters. The summed E-state index contributed by atoms with van der Waals surface area (Å²) in [6.45, 7) is 7.19. The fourth-order valence-corrected chi connectivity index (χ4v) is 4.47. The summed E-state index contributed by atoms with van der Waals surface area (Å²) in [7, 11) is 0. The van der Waals surface area contributed by atoms with E-state index in [9.17, 15) is 4.79 Å². The van der Waals surface area contributed by atoms with E-state index in [-0.39, 0.29) is 24.6 Å². The maximum atomic E-state index is 13.2. The molecule has 0 amide bonds. The molecule has 1 aliphatic carbocycles. The molecule has 5 heteroatoms. The molecule has 0 radical (unpaired) electrons. The molecular formula is C26H28ClNO3. The van der Waals surface area contributed by atoms with Crippen molar-refractivity contribution >= 4 is 28.5 Å². The highest BCUT2D eigenvalue weighted by molar-refractivity contribution is 6.32. The van der Waals surface area contributed by atoms with Crippen LogP contribution in [0.15, 0.2) is 48.5 Å². The molecule has 4 nitrogen and oxygen atoms in total. The molecule has 0 saturated carbocycles. The van der Waals surface area contributed by atoms with Crippen molar-refractivity contribution in [3.63, 3.8) is 0 Å². The zero-order valence-electron chi connectivity index (χ0n) is 18.3. The highest BCUT2D eigenvalue weighted by Crippen LogP contribution is 2.39. The van der Waals surface area contributed by atoms with Crippen molar-refractivity contribution in [2.45, 2.75) is 40.0 Å². The number of rotatable bonds is 5. The number of ether oxygens (including phenoxy) is 2. The summed E-state index contributed by atoms with van der Waals surface area (Å²) in [4.78, 5) is 18.1. The number of nitrogens with zero attached hydrogens (tertiary/aromatic N) is 1. The summed E-state index contributed by atoms with van der Waals surface area (Å²) < 4.78 is 11.3. The SMILES string of the molecule is CC(C)(C)C1CCc2nc3ccccc3c(C(=O)OCCOc3ccccc3Cl)c2C1. The molecule has 2 aromatic carbocycles. The quantitative estimate of drug-likeness (QED) is 0.348. The highest BCUT2D eigenvalue weighted by Gasteiger charge is 2.33. The zero-order valence-corrected chi connectivity index (χ0v) is 19.0. The minimum atomic E-state index is -0.313. The van der Waals surface area contributed by atoms with Crippen molar-refractivity contribution in [3.05, 3.63) is 70.4 Å². The van der Waals surface area contributed by atoms with Gasteiger partial charge in [0, 0.05) is 11.1 Å². The van der Waals surface area contributed by atoms with E-state index in [0.29, 0.717) is 22.3 Å². The van der Waals surface area contributed by atoms with E-state index < -0.39 is 0 Å². The van der Waals surface area contributed by atoms with Gasteiger partial charge < -0.3 is 9.47 Å². The van der Waals surface area contributed by atoms with Crippen molar-refractivity contribution in [2.75, 3.05) is 13.2 Å². The molecule has 4 rings (SSSR count). The predicted octanol–water partition coefficient (Wildman–Crippen LogP) is 6.28. The number of hydrogen-bond donors (Lipinski definition) is 0. The summed E-state index contributed by atoms with van der Waals surface area (Å²) in [5, 5.41) is 1.39. The predicted molar refractivity (Wildman–Crippen MR) is 124 cm³/mol. The van der Waals surface area contributed by atoms with E-state index in [0.717, 1.165) is 41.4 Å². The summed E-state index contributed by atoms with van der Waals surface area (Å²) >= 11 is 6.12. The number of fused-ring (bicyclic) bond motifs is 2. The molecule has 1 aliphatic rings. The largest absolute Gasteiger partial charge is 0.488 e. The Bertz CT molecular complexity index is 1100. The van der Waals surface area contributed by atoms with Gasteiger partial charge >= 0.3 is 5.97 Å². The van der Waals surface area contributed by atoms with Crippen molar-refractivity contribution in [2.24, 2.45) is 11.3 Å². The molecule has 0 aliphatic heterocycles. The Morgan fingerprint density at radius 1 is 1.10 bits per heavy atom. The van der Waals surface area contributed by atoms with Crippen molar-refractivity contribution in [1.29, 1.82) is 0 Å². The van der Waals surface area contributed by atoms with Crippen LogP contribution < -0.4 is 4.74 Å². The van der Waals surface area contributed by atoms with E-state index in [4.69, 9.17) is 26.1 Å². The van der Waals surface area contributed by atoms with Crippen LogP contribution in [-0.4, -0.2) is 24.2 Å². The summed E-state index contributed by atoms with van der Waals surface area (Å²) in [5.74, 6) is 0.769. The van der Waals surface area contributed by atoms with Gasteiger partial charge in [-0.15, -0.1) is 0 Å². The lowest BCUT2D eigenvalue weighted by Gasteiger charge is -2.35. The number of carbonyl (C=O) groups excluding carboxylic acids is 1. The van der Waals surface area contributed by atoms with E-state index in [1.807, 2.05) is 36.4 Å².